The molecular weight excluding hydrogens is 285 g/mol. The summed E-state index contributed by atoms with van der Waals surface area (Å²) in [5, 5.41) is 0.537. The van der Waals surface area contributed by atoms with Gasteiger partial charge in [0, 0.05) is 5.92 Å². The predicted octanol–water partition coefficient (Wildman–Crippen LogP) is 5.10. The molecule has 114 valence electrons. The molecule has 0 aromatic heterocycles. The second kappa shape index (κ2) is 7.31. The van der Waals surface area contributed by atoms with E-state index in [1.165, 1.54) is 38.5 Å². The number of hydrogen-bond acceptors (Lipinski definition) is 2. The van der Waals surface area contributed by atoms with Crippen molar-refractivity contribution in [1.29, 1.82) is 0 Å². The lowest BCUT2D eigenvalue weighted by molar-refractivity contribution is -0.120. The quantitative estimate of drug-likeness (QED) is 0.278. The summed E-state index contributed by atoms with van der Waals surface area (Å²) in [5.74, 6) is 1.02. The Balaban J connectivity index is 1.58. The molecular formula is C16H28NOPS. The molecule has 1 N–H and O–H groups in total. The molecule has 0 radical (unpaired) electrons. The normalized spacial score (nSPS) is 28.4. The predicted molar refractivity (Wildman–Crippen MR) is 91.1 cm³/mol. The summed E-state index contributed by atoms with van der Waals surface area (Å²) in [6, 6.07) is 0. The maximum atomic E-state index is 12.0. The number of unbranched alkanes of at least 4 members (excludes halogenated alkanes) is 3. The van der Waals surface area contributed by atoms with Crippen molar-refractivity contribution in [3.05, 3.63) is 12.2 Å². The molecule has 3 atom stereocenters. The van der Waals surface area contributed by atoms with E-state index < -0.39 is 0 Å². The smallest absolute Gasteiger partial charge is 0.233 e. The van der Waals surface area contributed by atoms with Crippen LogP contribution in [0.25, 0.3) is 0 Å². The first kappa shape index (κ1) is 16.4. The van der Waals surface area contributed by atoms with Crippen molar-refractivity contribution in [3.63, 3.8) is 0 Å². The first-order chi connectivity index (χ1) is 9.57. The molecule has 0 bridgehead atoms. The Kier molecular flexibility index (Phi) is 5.98. The van der Waals surface area contributed by atoms with Gasteiger partial charge in [0.05, 0.1) is 0 Å². The Hall–Kier alpha value is -0.0100. The van der Waals surface area contributed by atoms with Crippen LogP contribution < -0.4 is 4.72 Å². The minimum Gasteiger partial charge on any atom is -0.296 e. The molecule has 2 rings (SSSR count). The Morgan fingerprint density at radius 1 is 1.45 bits per heavy atom. The highest BCUT2D eigenvalue weighted by molar-refractivity contribution is 8.55. The molecule has 0 aliphatic heterocycles. The molecule has 1 amide bonds. The first-order valence-corrected chi connectivity index (χ1v) is 11.1. The standard InChI is InChI=1S/C16H28NOPS/c1-4-5-6-7-8-9-13-12-14(13)15(18)17-20-19(3)16(2)10-11-16/h8-9,13-14H,4-7,10-12H2,1-3H3,(H,17,18)/b9-8-. The highest BCUT2D eigenvalue weighted by atomic mass is 32.7. The summed E-state index contributed by atoms with van der Waals surface area (Å²) in [5.41, 5.74) is 0. The summed E-state index contributed by atoms with van der Waals surface area (Å²) < 4.78 is 3.10. The zero-order chi connectivity index (χ0) is 14.6. The van der Waals surface area contributed by atoms with Gasteiger partial charge in [0.2, 0.25) is 5.91 Å². The van der Waals surface area contributed by atoms with Gasteiger partial charge in [0.15, 0.2) is 0 Å². The van der Waals surface area contributed by atoms with Crippen LogP contribution in [0.15, 0.2) is 12.2 Å². The molecule has 2 aliphatic carbocycles. The van der Waals surface area contributed by atoms with Gasteiger partial charge >= 0.3 is 0 Å². The first-order valence-electron chi connectivity index (χ1n) is 7.94. The molecule has 0 spiro atoms. The van der Waals surface area contributed by atoms with E-state index in [4.69, 9.17) is 0 Å². The third-order valence-electron chi connectivity index (χ3n) is 4.55. The molecule has 0 saturated heterocycles. The maximum Gasteiger partial charge on any atom is 0.233 e. The fourth-order valence-corrected chi connectivity index (χ4v) is 5.54. The van der Waals surface area contributed by atoms with E-state index in [-0.39, 0.29) is 18.9 Å². The van der Waals surface area contributed by atoms with Gasteiger partial charge in [-0.3, -0.25) is 9.52 Å². The third-order valence-corrected chi connectivity index (χ3v) is 9.50. The highest BCUT2D eigenvalue weighted by Crippen LogP contribution is 2.67. The molecule has 2 nitrogen and oxygen atoms in total. The van der Waals surface area contributed by atoms with E-state index in [0.29, 0.717) is 11.1 Å². The number of nitrogens with one attached hydrogen (secondary N) is 1. The van der Waals surface area contributed by atoms with Crippen LogP contribution in [0, 0.1) is 11.8 Å². The van der Waals surface area contributed by atoms with Crippen LogP contribution in [-0.4, -0.2) is 17.7 Å². The van der Waals surface area contributed by atoms with Crippen LogP contribution in [0.1, 0.15) is 58.8 Å². The van der Waals surface area contributed by atoms with Gasteiger partial charge in [-0.25, -0.2) is 0 Å². The number of amides is 1. The Morgan fingerprint density at radius 3 is 2.85 bits per heavy atom. The Bertz CT molecular complexity index is 367. The molecule has 0 aromatic carbocycles. The zero-order valence-corrected chi connectivity index (χ0v) is 14.7. The maximum absolute atomic E-state index is 12.0. The number of hydrogen-bond donors (Lipinski definition) is 1. The number of allylic oxidation sites excluding steroid dienone is 2. The Labute approximate surface area is 129 Å². The third kappa shape index (κ3) is 4.77. The van der Waals surface area contributed by atoms with E-state index in [2.05, 4.69) is 37.4 Å². The average molecular weight is 313 g/mol. The van der Waals surface area contributed by atoms with Crippen molar-refractivity contribution >= 4 is 24.6 Å². The highest BCUT2D eigenvalue weighted by Gasteiger charge is 2.45. The number of rotatable bonds is 9. The van der Waals surface area contributed by atoms with Gasteiger partial charge in [0.25, 0.3) is 0 Å². The van der Waals surface area contributed by atoms with Crippen LogP contribution in [0.3, 0.4) is 0 Å². The van der Waals surface area contributed by atoms with E-state index in [1.54, 1.807) is 11.6 Å². The molecule has 2 aliphatic rings. The van der Waals surface area contributed by atoms with Crippen molar-refractivity contribution < 1.29 is 4.79 Å². The number of carbonyl (C=O) groups is 1. The average Bonchev–Trinajstić information content (AvgIpc) is 3.33. The summed E-state index contributed by atoms with van der Waals surface area (Å²) in [6.07, 6.45) is 13.3. The lowest BCUT2D eigenvalue weighted by Crippen LogP contribution is -2.18. The fraction of sp³-hybridized carbons (Fsp3) is 0.812. The Morgan fingerprint density at radius 2 is 2.20 bits per heavy atom. The van der Waals surface area contributed by atoms with Gasteiger partial charge in [-0.2, -0.15) is 0 Å². The van der Waals surface area contributed by atoms with Crippen LogP contribution >= 0.6 is 18.7 Å². The van der Waals surface area contributed by atoms with Gasteiger partial charge in [-0.05, 0) is 68.5 Å². The van der Waals surface area contributed by atoms with E-state index in [9.17, 15) is 4.79 Å². The molecule has 2 saturated carbocycles. The van der Waals surface area contributed by atoms with E-state index >= 15 is 0 Å². The molecule has 3 unspecified atom stereocenters. The topological polar surface area (TPSA) is 29.1 Å². The van der Waals surface area contributed by atoms with Crippen LogP contribution in [-0.2, 0) is 4.79 Å². The van der Waals surface area contributed by atoms with Gasteiger partial charge in [-0.1, -0.05) is 38.8 Å². The summed E-state index contributed by atoms with van der Waals surface area (Å²) >= 11 is 1.70. The van der Waals surface area contributed by atoms with Crippen LogP contribution in [0.2, 0.25) is 0 Å². The van der Waals surface area contributed by atoms with Gasteiger partial charge in [0.1, 0.15) is 0 Å². The molecule has 2 fully saturated rings. The summed E-state index contributed by atoms with van der Waals surface area (Å²) in [6.45, 7) is 6.87. The van der Waals surface area contributed by atoms with Crippen molar-refractivity contribution in [2.75, 3.05) is 6.66 Å². The minimum atomic E-state index is -0.105. The van der Waals surface area contributed by atoms with Crippen LogP contribution in [0.4, 0.5) is 0 Å². The largest absolute Gasteiger partial charge is 0.296 e. The van der Waals surface area contributed by atoms with Gasteiger partial charge in [-0.15, -0.1) is 0 Å². The number of carbonyl (C=O) groups excluding carboxylic acids is 1. The monoisotopic (exact) mass is 313 g/mol. The SMILES string of the molecule is CCCCC/C=C\C1CC1C(=O)NSP(C)C1(C)CC1. The lowest BCUT2D eigenvalue weighted by Gasteiger charge is -2.18. The fourth-order valence-electron chi connectivity index (χ4n) is 2.31. The summed E-state index contributed by atoms with van der Waals surface area (Å²) in [7, 11) is -0.105. The van der Waals surface area contributed by atoms with Crippen molar-refractivity contribution in [1.82, 2.24) is 4.72 Å². The minimum absolute atomic E-state index is 0.105. The zero-order valence-electron chi connectivity index (χ0n) is 13.0. The van der Waals surface area contributed by atoms with Crippen molar-refractivity contribution in [2.24, 2.45) is 11.8 Å². The second-order valence-corrected chi connectivity index (χ2v) is 11.1. The van der Waals surface area contributed by atoms with E-state index in [1.807, 2.05) is 0 Å². The molecule has 0 aromatic rings. The van der Waals surface area contributed by atoms with Crippen molar-refractivity contribution in [2.45, 2.75) is 63.9 Å². The lowest BCUT2D eigenvalue weighted by atomic mass is 10.2. The van der Waals surface area contributed by atoms with E-state index in [0.717, 1.165) is 6.42 Å². The second-order valence-electron chi connectivity index (χ2n) is 6.48. The molecule has 0 heterocycles. The van der Waals surface area contributed by atoms with Gasteiger partial charge < -0.3 is 0 Å². The van der Waals surface area contributed by atoms with Crippen LogP contribution in [0.5, 0.6) is 0 Å². The van der Waals surface area contributed by atoms with Crippen molar-refractivity contribution in [3.8, 4) is 0 Å². The molecule has 4 heteroatoms. The molecule has 20 heavy (non-hydrogen) atoms. The summed E-state index contributed by atoms with van der Waals surface area (Å²) in [4.78, 5) is 12.0.